The van der Waals surface area contributed by atoms with Gasteiger partial charge in [0.1, 0.15) is 24.2 Å². The van der Waals surface area contributed by atoms with Gasteiger partial charge >= 0.3 is 0 Å². The van der Waals surface area contributed by atoms with Crippen LogP contribution in [-0.4, -0.2) is 34.2 Å². The highest BCUT2D eigenvalue weighted by Crippen LogP contribution is 2.47. The Morgan fingerprint density at radius 1 is 1.24 bits per heavy atom. The fourth-order valence-electron chi connectivity index (χ4n) is 3.84. The normalized spacial score (nSPS) is 23.5. The van der Waals surface area contributed by atoms with Crippen molar-refractivity contribution in [2.45, 2.75) is 44.6 Å². The van der Waals surface area contributed by atoms with E-state index in [2.05, 4.69) is 4.98 Å². The van der Waals surface area contributed by atoms with Crippen LogP contribution in [-0.2, 0) is 16.0 Å². The maximum absolute atomic E-state index is 13.1. The Balaban J connectivity index is 1.60. The average molecular weight is 338 g/mol. The van der Waals surface area contributed by atoms with E-state index in [0.717, 1.165) is 17.0 Å². The quantitative estimate of drug-likeness (QED) is 0.863. The molecule has 5 heteroatoms. The molecule has 130 valence electrons. The second kappa shape index (κ2) is 6.15. The average Bonchev–Trinajstić information content (AvgIpc) is 2.91. The zero-order valence-electron chi connectivity index (χ0n) is 14.5. The molecular formula is C20H22N2O3. The number of para-hydroxylation sites is 1. The SMILES string of the molecule is CC1(C)OC2COc3ccccc3[C@@H]2N1C(=O)CCc1ccccn1. The van der Waals surface area contributed by atoms with Gasteiger partial charge in [0.15, 0.2) is 0 Å². The van der Waals surface area contributed by atoms with Crippen LogP contribution in [0.3, 0.4) is 0 Å². The third-order valence-corrected chi connectivity index (χ3v) is 4.88. The number of amides is 1. The Kier molecular flexibility index (Phi) is 3.96. The van der Waals surface area contributed by atoms with Gasteiger partial charge in [0.05, 0.1) is 6.04 Å². The van der Waals surface area contributed by atoms with Gasteiger partial charge in [0.25, 0.3) is 0 Å². The molecule has 3 heterocycles. The number of aryl methyl sites for hydroxylation is 1. The number of hydrogen-bond acceptors (Lipinski definition) is 4. The van der Waals surface area contributed by atoms with E-state index in [1.165, 1.54) is 0 Å². The molecule has 1 aromatic heterocycles. The molecule has 1 unspecified atom stereocenters. The molecule has 25 heavy (non-hydrogen) atoms. The number of hydrogen-bond donors (Lipinski definition) is 0. The first kappa shape index (κ1) is 16.1. The Morgan fingerprint density at radius 2 is 2.04 bits per heavy atom. The number of fused-ring (bicyclic) bond motifs is 3. The first-order valence-corrected chi connectivity index (χ1v) is 8.68. The van der Waals surface area contributed by atoms with Crippen molar-refractivity contribution >= 4 is 5.91 Å². The minimum absolute atomic E-state index is 0.0832. The summed E-state index contributed by atoms with van der Waals surface area (Å²) in [4.78, 5) is 19.3. The van der Waals surface area contributed by atoms with Gasteiger partial charge < -0.3 is 14.4 Å². The summed E-state index contributed by atoms with van der Waals surface area (Å²) in [5.74, 6) is 0.924. The highest BCUT2D eigenvalue weighted by atomic mass is 16.6. The Hall–Kier alpha value is -2.40. The Bertz CT molecular complexity index is 776. The molecule has 0 N–H and O–H groups in total. The molecule has 5 nitrogen and oxygen atoms in total. The van der Waals surface area contributed by atoms with Gasteiger partial charge in [0, 0.05) is 23.9 Å². The van der Waals surface area contributed by atoms with Gasteiger partial charge in [-0.05, 0) is 38.5 Å². The molecule has 0 saturated carbocycles. The minimum atomic E-state index is -0.655. The van der Waals surface area contributed by atoms with E-state index in [1.807, 2.05) is 61.2 Å². The molecule has 2 aliphatic heterocycles. The lowest BCUT2D eigenvalue weighted by molar-refractivity contribution is -0.147. The molecule has 1 aromatic carbocycles. The van der Waals surface area contributed by atoms with E-state index in [-0.39, 0.29) is 18.1 Å². The van der Waals surface area contributed by atoms with Crippen LogP contribution >= 0.6 is 0 Å². The van der Waals surface area contributed by atoms with Crippen LogP contribution in [0, 0.1) is 0 Å². The van der Waals surface area contributed by atoms with Gasteiger partial charge in [-0.25, -0.2) is 0 Å². The number of nitrogens with zero attached hydrogens (tertiary/aromatic N) is 2. The second-order valence-electron chi connectivity index (χ2n) is 6.98. The van der Waals surface area contributed by atoms with Crippen molar-refractivity contribution < 1.29 is 14.3 Å². The van der Waals surface area contributed by atoms with Crippen molar-refractivity contribution in [1.82, 2.24) is 9.88 Å². The molecular weight excluding hydrogens is 316 g/mol. The van der Waals surface area contributed by atoms with Crippen LogP contribution in [0.5, 0.6) is 5.75 Å². The number of rotatable bonds is 3. The second-order valence-corrected chi connectivity index (χ2v) is 6.98. The lowest BCUT2D eigenvalue weighted by Gasteiger charge is -2.35. The van der Waals surface area contributed by atoms with Crippen molar-refractivity contribution in [1.29, 1.82) is 0 Å². The van der Waals surface area contributed by atoms with Crippen molar-refractivity contribution in [3.63, 3.8) is 0 Å². The van der Waals surface area contributed by atoms with E-state index >= 15 is 0 Å². The molecule has 0 aliphatic carbocycles. The molecule has 1 saturated heterocycles. The molecule has 2 atom stereocenters. The van der Waals surface area contributed by atoms with Gasteiger partial charge in [-0.1, -0.05) is 24.3 Å². The summed E-state index contributed by atoms with van der Waals surface area (Å²) >= 11 is 0. The summed E-state index contributed by atoms with van der Waals surface area (Å²) in [6.07, 6.45) is 2.66. The lowest BCUT2D eigenvalue weighted by Crippen LogP contribution is -2.45. The smallest absolute Gasteiger partial charge is 0.225 e. The maximum atomic E-state index is 13.1. The number of aromatic nitrogens is 1. The van der Waals surface area contributed by atoms with Gasteiger partial charge in [-0.2, -0.15) is 0 Å². The van der Waals surface area contributed by atoms with Crippen LogP contribution in [0.15, 0.2) is 48.7 Å². The monoisotopic (exact) mass is 338 g/mol. The maximum Gasteiger partial charge on any atom is 0.225 e. The number of ether oxygens (including phenoxy) is 2. The zero-order valence-corrected chi connectivity index (χ0v) is 14.5. The summed E-state index contributed by atoms with van der Waals surface area (Å²) in [5, 5.41) is 0. The molecule has 4 rings (SSSR count). The zero-order chi connectivity index (χ0) is 17.4. The van der Waals surface area contributed by atoms with Crippen LogP contribution in [0.1, 0.15) is 37.6 Å². The van der Waals surface area contributed by atoms with Crippen LogP contribution in [0.2, 0.25) is 0 Å². The molecule has 1 fully saturated rings. The largest absolute Gasteiger partial charge is 0.490 e. The number of pyridine rings is 1. The topological polar surface area (TPSA) is 51.7 Å². The molecule has 1 amide bonds. The minimum Gasteiger partial charge on any atom is -0.490 e. The first-order valence-electron chi connectivity index (χ1n) is 8.68. The predicted octanol–water partition coefficient (Wildman–Crippen LogP) is 3.11. The molecule has 2 aromatic rings. The predicted molar refractivity (Wildman–Crippen MR) is 93.0 cm³/mol. The third kappa shape index (κ3) is 2.89. The van der Waals surface area contributed by atoms with Crippen molar-refractivity contribution in [3.8, 4) is 5.75 Å². The summed E-state index contributed by atoms with van der Waals surface area (Å²) in [6, 6.07) is 13.6. The fourth-order valence-corrected chi connectivity index (χ4v) is 3.84. The number of carbonyl (C=O) groups is 1. The van der Waals surface area contributed by atoms with Crippen LogP contribution in [0.4, 0.5) is 0 Å². The Labute approximate surface area is 147 Å². The van der Waals surface area contributed by atoms with Gasteiger partial charge in [-0.15, -0.1) is 0 Å². The summed E-state index contributed by atoms with van der Waals surface area (Å²) in [5.41, 5.74) is 1.30. The standard InChI is InChI=1S/C20H22N2O3/c1-20(2)22(18(23)11-10-14-7-5-6-12-21-14)19-15-8-3-4-9-16(15)24-13-17(19)25-20/h3-9,12,17,19H,10-11,13H2,1-2H3/t17?,19-/m0/s1. The van der Waals surface area contributed by atoms with Crippen molar-refractivity contribution in [3.05, 3.63) is 59.9 Å². The van der Waals surface area contributed by atoms with Gasteiger partial charge in [0.2, 0.25) is 5.91 Å². The van der Waals surface area contributed by atoms with E-state index in [4.69, 9.17) is 9.47 Å². The summed E-state index contributed by atoms with van der Waals surface area (Å²) < 4.78 is 12.0. The first-order chi connectivity index (χ1) is 12.1. The van der Waals surface area contributed by atoms with Crippen molar-refractivity contribution in [2.24, 2.45) is 0 Å². The molecule has 0 radical (unpaired) electrons. The highest BCUT2D eigenvalue weighted by molar-refractivity contribution is 5.78. The molecule has 0 spiro atoms. The fraction of sp³-hybridized carbons (Fsp3) is 0.400. The van der Waals surface area contributed by atoms with Crippen LogP contribution in [0.25, 0.3) is 0 Å². The summed E-state index contributed by atoms with van der Waals surface area (Å²) in [7, 11) is 0. The van der Waals surface area contributed by atoms with E-state index in [1.54, 1.807) is 6.20 Å². The van der Waals surface area contributed by atoms with E-state index < -0.39 is 5.72 Å². The lowest BCUT2D eigenvalue weighted by atomic mass is 9.96. The third-order valence-electron chi connectivity index (χ3n) is 4.88. The van der Waals surface area contributed by atoms with Crippen LogP contribution < -0.4 is 4.74 Å². The summed E-state index contributed by atoms with van der Waals surface area (Å²) in [6.45, 7) is 4.37. The highest BCUT2D eigenvalue weighted by Gasteiger charge is 2.52. The van der Waals surface area contributed by atoms with Crippen molar-refractivity contribution in [2.75, 3.05) is 6.61 Å². The number of benzene rings is 1. The van der Waals surface area contributed by atoms with E-state index in [0.29, 0.717) is 19.4 Å². The van der Waals surface area contributed by atoms with Gasteiger partial charge in [-0.3, -0.25) is 9.78 Å². The number of carbonyl (C=O) groups excluding carboxylic acids is 1. The molecule has 0 bridgehead atoms. The molecule has 2 aliphatic rings. The Morgan fingerprint density at radius 3 is 2.84 bits per heavy atom. The van der Waals surface area contributed by atoms with E-state index in [9.17, 15) is 4.79 Å².